The second-order valence-corrected chi connectivity index (χ2v) is 8.70. The van der Waals surface area contributed by atoms with Crippen molar-refractivity contribution in [3.63, 3.8) is 0 Å². The number of rotatable bonds is 6. The molecule has 0 aliphatic rings. The summed E-state index contributed by atoms with van der Waals surface area (Å²) in [6.07, 6.45) is -0.762. The summed E-state index contributed by atoms with van der Waals surface area (Å²) in [6, 6.07) is 5.57. The molecule has 0 spiro atoms. The average Bonchev–Trinajstić information content (AvgIpc) is 3.00. The molecular formula is C15H19N3O4S2. The van der Waals surface area contributed by atoms with Gasteiger partial charge in [-0.2, -0.15) is 0 Å². The molecule has 1 amide bonds. The molecule has 24 heavy (non-hydrogen) atoms. The molecule has 0 radical (unpaired) electrons. The highest BCUT2D eigenvalue weighted by Gasteiger charge is 2.21. The lowest BCUT2D eigenvalue weighted by atomic mass is 10.1. The molecular weight excluding hydrogens is 350 g/mol. The molecule has 130 valence electrons. The van der Waals surface area contributed by atoms with Gasteiger partial charge in [0.25, 0.3) is 5.91 Å². The third kappa shape index (κ3) is 4.30. The second kappa shape index (κ2) is 7.27. The lowest BCUT2D eigenvalue weighted by molar-refractivity contribution is -0.122. The largest absolute Gasteiger partial charge is 0.481 e. The smallest absolute Gasteiger partial charge is 0.266 e. The van der Waals surface area contributed by atoms with Gasteiger partial charge < -0.3 is 4.74 Å². The van der Waals surface area contributed by atoms with Crippen LogP contribution in [0.25, 0.3) is 0 Å². The van der Waals surface area contributed by atoms with E-state index in [0.29, 0.717) is 5.75 Å². The van der Waals surface area contributed by atoms with Crippen LogP contribution in [0.3, 0.4) is 0 Å². The summed E-state index contributed by atoms with van der Waals surface area (Å²) in [5.41, 5.74) is 2.21. The monoisotopic (exact) mass is 369 g/mol. The van der Waals surface area contributed by atoms with Crippen LogP contribution >= 0.6 is 11.3 Å². The zero-order valence-electron chi connectivity index (χ0n) is 13.9. The number of nitrogens with one attached hydrogen (secondary N) is 1. The Bertz CT molecular complexity index is 846. The number of aromatic nitrogens is 2. The van der Waals surface area contributed by atoms with Crippen LogP contribution in [0.4, 0.5) is 5.13 Å². The molecule has 7 nitrogen and oxygen atoms in total. The van der Waals surface area contributed by atoms with Crippen molar-refractivity contribution in [3.8, 4) is 5.75 Å². The van der Waals surface area contributed by atoms with Crippen molar-refractivity contribution in [2.45, 2.75) is 38.1 Å². The van der Waals surface area contributed by atoms with Crippen LogP contribution in [0.2, 0.25) is 0 Å². The summed E-state index contributed by atoms with van der Waals surface area (Å²) in [7, 11) is -3.43. The number of sulfone groups is 1. The SMILES string of the molecule is CCS(=O)(=O)c1nnc(NC(=O)C(C)Oc2ccc(C)c(C)c2)s1. The minimum absolute atomic E-state index is 0.0676. The van der Waals surface area contributed by atoms with Gasteiger partial charge in [-0.1, -0.05) is 24.3 Å². The Balaban J connectivity index is 2.02. The van der Waals surface area contributed by atoms with Crippen LogP contribution in [0.1, 0.15) is 25.0 Å². The van der Waals surface area contributed by atoms with E-state index >= 15 is 0 Å². The Morgan fingerprint density at radius 1 is 1.29 bits per heavy atom. The molecule has 2 rings (SSSR count). The van der Waals surface area contributed by atoms with E-state index < -0.39 is 21.8 Å². The topological polar surface area (TPSA) is 98.3 Å². The van der Waals surface area contributed by atoms with E-state index in [2.05, 4.69) is 15.5 Å². The van der Waals surface area contributed by atoms with Crippen molar-refractivity contribution in [1.29, 1.82) is 0 Å². The number of hydrogen-bond donors (Lipinski definition) is 1. The Kier molecular flexibility index (Phi) is 5.55. The van der Waals surface area contributed by atoms with Crippen molar-refractivity contribution < 1.29 is 17.9 Å². The Morgan fingerprint density at radius 2 is 2.00 bits per heavy atom. The fraction of sp³-hybridized carbons (Fsp3) is 0.400. The van der Waals surface area contributed by atoms with Gasteiger partial charge in [0.1, 0.15) is 5.75 Å². The molecule has 0 fully saturated rings. The number of carbonyl (C=O) groups excluding carboxylic acids is 1. The number of carbonyl (C=O) groups is 1. The Hall–Kier alpha value is -2.00. The van der Waals surface area contributed by atoms with Crippen molar-refractivity contribution in [2.75, 3.05) is 11.1 Å². The first-order valence-corrected chi connectivity index (χ1v) is 9.81. The zero-order chi connectivity index (χ0) is 17.9. The van der Waals surface area contributed by atoms with Crippen molar-refractivity contribution in [2.24, 2.45) is 0 Å². The van der Waals surface area contributed by atoms with Gasteiger partial charge in [-0.3, -0.25) is 10.1 Å². The normalized spacial score (nSPS) is 12.7. The molecule has 0 bridgehead atoms. The molecule has 0 saturated heterocycles. The van der Waals surface area contributed by atoms with Gasteiger partial charge in [-0.05, 0) is 44.0 Å². The highest BCUT2D eigenvalue weighted by molar-refractivity contribution is 7.93. The number of nitrogens with zero attached hydrogens (tertiary/aromatic N) is 2. The van der Waals surface area contributed by atoms with Crippen LogP contribution in [-0.4, -0.2) is 36.4 Å². The molecule has 1 atom stereocenters. The first-order chi connectivity index (χ1) is 11.2. The lowest BCUT2D eigenvalue weighted by Gasteiger charge is -2.14. The van der Waals surface area contributed by atoms with Crippen molar-refractivity contribution in [1.82, 2.24) is 10.2 Å². The van der Waals surface area contributed by atoms with Crippen LogP contribution in [-0.2, 0) is 14.6 Å². The first-order valence-electron chi connectivity index (χ1n) is 7.34. The summed E-state index contributed by atoms with van der Waals surface area (Å²) in [4.78, 5) is 12.2. The summed E-state index contributed by atoms with van der Waals surface area (Å²) in [5, 5.41) is 9.94. The fourth-order valence-electron chi connectivity index (χ4n) is 1.76. The summed E-state index contributed by atoms with van der Waals surface area (Å²) in [5.74, 6) is 0.0964. The van der Waals surface area contributed by atoms with Crippen molar-refractivity contribution in [3.05, 3.63) is 29.3 Å². The highest BCUT2D eigenvalue weighted by Crippen LogP contribution is 2.22. The second-order valence-electron chi connectivity index (χ2n) is 5.27. The molecule has 1 aromatic heterocycles. The number of anilines is 1. The number of hydrogen-bond acceptors (Lipinski definition) is 7. The van der Waals surface area contributed by atoms with E-state index in [1.54, 1.807) is 13.0 Å². The van der Waals surface area contributed by atoms with E-state index in [1.165, 1.54) is 6.92 Å². The summed E-state index contributed by atoms with van der Waals surface area (Å²) in [6.45, 7) is 7.08. The zero-order valence-corrected chi connectivity index (χ0v) is 15.5. The molecule has 1 heterocycles. The third-order valence-electron chi connectivity index (χ3n) is 3.44. The quantitative estimate of drug-likeness (QED) is 0.785. The standard InChI is InChI=1S/C15H19N3O4S2/c1-5-24(20,21)15-18-17-14(23-15)16-13(19)11(4)22-12-7-6-9(2)10(3)8-12/h6-8,11H,5H2,1-4H3,(H,16,17,19). The van der Waals surface area contributed by atoms with Gasteiger partial charge in [0.15, 0.2) is 6.10 Å². The van der Waals surface area contributed by atoms with Gasteiger partial charge in [-0.25, -0.2) is 8.42 Å². The number of ether oxygens (including phenoxy) is 1. The maximum atomic E-state index is 12.2. The van der Waals surface area contributed by atoms with E-state index in [-0.39, 0.29) is 15.2 Å². The van der Waals surface area contributed by atoms with E-state index in [1.807, 2.05) is 26.0 Å². The van der Waals surface area contributed by atoms with E-state index in [4.69, 9.17) is 4.74 Å². The van der Waals surface area contributed by atoms with E-state index in [0.717, 1.165) is 22.5 Å². The predicted octanol–water partition coefficient (Wildman–Crippen LogP) is 2.35. The van der Waals surface area contributed by atoms with Crippen molar-refractivity contribution >= 4 is 32.2 Å². The average molecular weight is 369 g/mol. The van der Waals surface area contributed by atoms with E-state index in [9.17, 15) is 13.2 Å². The molecule has 1 N–H and O–H groups in total. The predicted molar refractivity (Wildman–Crippen MR) is 92.3 cm³/mol. The number of aryl methyl sites for hydroxylation is 2. The molecule has 0 aliphatic heterocycles. The molecule has 2 aromatic rings. The lowest BCUT2D eigenvalue weighted by Crippen LogP contribution is -2.30. The van der Waals surface area contributed by atoms with Crippen LogP contribution < -0.4 is 10.1 Å². The third-order valence-corrected chi connectivity index (χ3v) is 6.46. The summed E-state index contributed by atoms with van der Waals surface area (Å²) >= 11 is 0.823. The van der Waals surface area contributed by atoms with Crippen LogP contribution in [0.5, 0.6) is 5.75 Å². The first kappa shape index (κ1) is 18.3. The maximum Gasteiger partial charge on any atom is 0.266 e. The molecule has 1 aromatic carbocycles. The summed E-state index contributed by atoms with van der Waals surface area (Å²) < 4.78 is 28.9. The van der Waals surface area contributed by atoms with Gasteiger partial charge in [0.2, 0.25) is 19.3 Å². The van der Waals surface area contributed by atoms with Crippen LogP contribution in [0, 0.1) is 13.8 Å². The number of amides is 1. The Labute approximate surface area is 145 Å². The molecule has 9 heteroatoms. The van der Waals surface area contributed by atoms with Crippen LogP contribution in [0.15, 0.2) is 22.5 Å². The number of benzene rings is 1. The minimum atomic E-state index is -3.43. The molecule has 1 unspecified atom stereocenters. The Morgan fingerprint density at radius 3 is 2.62 bits per heavy atom. The van der Waals surface area contributed by atoms with Gasteiger partial charge in [-0.15, -0.1) is 10.2 Å². The van der Waals surface area contributed by atoms with Gasteiger partial charge in [0.05, 0.1) is 5.75 Å². The van der Waals surface area contributed by atoms with Gasteiger partial charge >= 0.3 is 0 Å². The fourth-order valence-corrected chi connectivity index (χ4v) is 3.75. The maximum absolute atomic E-state index is 12.2. The molecule has 0 saturated carbocycles. The van der Waals surface area contributed by atoms with Gasteiger partial charge in [0, 0.05) is 0 Å². The molecule has 0 aliphatic carbocycles. The highest BCUT2D eigenvalue weighted by atomic mass is 32.2. The minimum Gasteiger partial charge on any atom is -0.481 e.